The molecular formula is C30H34FN9. The predicted molar refractivity (Wildman–Crippen MR) is 155 cm³/mol. The van der Waals surface area contributed by atoms with Gasteiger partial charge >= 0.3 is 0 Å². The Morgan fingerprint density at radius 3 is 2.62 bits per heavy atom. The van der Waals surface area contributed by atoms with Gasteiger partial charge in [0.2, 0.25) is 11.9 Å². The first-order chi connectivity index (χ1) is 19.6. The number of nitrogens with one attached hydrogen (secondary N) is 1. The average molecular weight is 540 g/mol. The van der Waals surface area contributed by atoms with Gasteiger partial charge in [0.25, 0.3) is 0 Å². The molecule has 2 aromatic heterocycles. The van der Waals surface area contributed by atoms with Crippen LogP contribution in [0, 0.1) is 5.82 Å². The molecule has 0 bridgehead atoms. The lowest BCUT2D eigenvalue weighted by Crippen LogP contribution is -2.47. The van der Waals surface area contributed by atoms with Crippen LogP contribution in [0.5, 0.6) is 0 Å². The van der Waals surface area contributed by atoms with Crippen molar-refractivity contribution in [3.05, 3.63) is 65.5 Å². The van der Waals surface area contributed by atoms with Crippen molar-refractivity contribution in [2.24, 2.45) is 0 Å². The van der Waals surface area contributed by atoms with Gasteiger partial charge in [-0.1, -0.05) is 24.3 Å². The van der Waals surface area contributed by atoms with E-state index >= 15 is 4.39 Å². The summed E-state index contributed by atoms with van der Waals surface area (Å²) in [5.74, 6) is 0.717. The fraction of sp³-hybridized carbons (Fsp3) is 0.400. The van der Waals surface area contributed by atoms with Crippen LogP contribution in [0.3, 0.4) is 0 Å². The third kappa shape index (κ3) is 4.77. The highest BCUT2D eigenvalue weighted by Crippen LogP contribution is 2.32. The summed E-state index contributed by atoms with van der Waals surface area (Å²) in [7, 11) is 0. The Labute approximate surface area is 233 Å². The van der Waals surface area contributed by atoms with Crippen molar-refractivity contribution in [2.45, 2.75) is 51.0 Å². The highest BCUT2D eigenvalue weighted by atomic mass is 19.1. The summed E-state index contributed by atoms with van der Waals surface area (Å²) in [6, 6.07) is 16.1. The van der Waals surface area contributed by atoms with E-state index in [1.165, 1.54) is 35.6 Å². The minimum atomic E-state index is -0.253. The lowest BCUT2D eigenvalue weighted by atomic mass is 10.0. The topological polar surface area (TPSA) is 101 Å². The van der Waals surface area contributed by atoms with E-state index in [4.69, 9.17) is 5.73 Å². The molecule has 4 aromatic rings. The minimum Gasteiger partial charge on any atom is -0.368 e. The zero-order chi connectivity index (χ0) is 27.1. The summed E-state index contributed by atoms with van der Waals surface area (Å²) in [6.07, 6.45) is 7.75. The van der Waals surface area contributed by atoms with Crippen LogP contribution in [-0.4, -0.2) is 62.1 Å². The second-order valence-corrected chi connectivity index (χ2v) is 11.1. The van der Waals surface area contributed by atoms with Gasteiger partial charge in [0.1, 0.15) is 5.82 Å². The number of hydrogen-bond acceptors (Lipinski definition) is 8. The van der Waals surface area contributed by atoms with E-state index in [1.807, 2.05) is 24.3 Å². The van der Waals surface area contributed by atoms with Gasteiger partial charge in [-0.2, -0.15) is 9.67 Å². The molecule has 3 aliphatic rings. The molecule has 206 valence electrons. The quantitative estimate of drug-likeness (QED) is 0.375. The van der Waals surface area contributed by atoms with E-state index in [-0.39, 0.29) is 17.7 Å². The van der Waals surface area contributed by atoms with E-state index in [0.29, 0.717) is 23.2 Å². The molecule has 0 saturated carbocycles. The molecule has 1 unspecified atom stereocenters. The van der Waals surface area contributed by atoms with Crippen LogP contribution in [0.15, 0.2) is 48.5 Å². The number of halogens is 1. The van der Waals surface area contributed by atoms with Gasteiger partial charge < -0.3 is 16.0 Å². The SMILES string of the molecule is Nc1nc(Nc2ccc(N3CCCC(N4CCCC4)C3)c(F)c2)nn1-c1cc2c(nn1)-c1ccccc1CCC2. The molecule has 0 amide bonds. The molecule has 3 N–H and O–H groups in total. The summed E-state index contributed by atoms with van der Waals surface area (Å²) in [5, 5.41) is 16.6. The van der Waals surface area contributed by atoms with Gasteiger partial charge in [-0.25, -0.2) is 4.39 Å². The standard InChI is InChI=1S/C30H34FN9/c31-25-18-22(12-13-26(25)39-16-6-10-23(19-39)38-14-3-4-15-38)33-30-34-29(32)40(37-30)27-17-21-9-5-8-20-7-1-2-11-24(20)28(21)36-35-27/h1-2,7,11-13,17-18,23H,3-6,8-10,14-16,19H2,(H3,32,33,34,37). The zero-order valence-corrected chi connectivity index (χ0v) is 22.6. The van der Waals surface area contributed by atoms with E-state index < -0.39 is 0 Å². The third-order valence-corrected chi connectivity index (χ3v) is 8.47. The van der Waals surface area contributed by atoms with Crippen molar-refractivity contribution >= 4 is 23.3 Å². The fourth-order valence-electron chi connectivity index (χ4n) is 6.47. The Morgan fingerprint density at radius 1 is 0.900 bits per heavy atom. The van der Waals surface area contributed by atoms with Gasteiger partial charge in [-0.15, -0.1) is 15.3 Å². The summed E-state index contributed by atoms with van der Waals surface area (Å²) in [5.41, 5.74) is 11.9. The smallest absolute Gasteiger partial charge is 0.248 e. The first kappa shape index (κ1) is 25.0. The summed E-state index contributed by atoms with van der Waals surface area (Å²) >= 11 is 0. The van der Waals surface area contributed by atoms with Crippen LogP contribution in [-0.2, 0) is 12.8 Å². The first-order valence-corrected chi connectivity index (χ1v) is 14.4. The van der Waals surface area contributed by atoms with Crippen LogP contribution in [0.1, 0.15) is 43.2 Å². The summed E-state index contributed by atoms with van der Waals surface area (Å²) < 4.78 is 16.8. The van der Waals surface area contributed by atoms with Crippen molar-refractivity contribution < 1.29 is 4.39 Å². The number of nitrogens with zero attached hydrogens (tertiary/aromatic N) is 7. The third-order valence-electron chi connectivity index (χ3n) is 8.47. The molecule has 7 rings (SSSR count). The number of aromatic nitrogens is 5. The monoisotopic (exact) mass is 539 g/mol. The number of nitrogens with two attached hydrogens (primary N) is 1. The Morgan fingerprint density at radius 2 is 1.75 bits per heavy atom. The number of likely N-dealkylation sites (tertiary alicyclic amines) is 1. The summed E-state index contributed by atoms with van der Waals surface area (Å²) in [6.45, 7) is 4.08. The second kappa shape index (κ2) is 10.5. The Kier molecular flexibility index (Phi) is 6.55. The normalized spacial score (nSPS) is 19.2. The van der Waals surface area contributed by atoms with Crippen molar-refractivity contribution in [2.75, 3.05) is 42.1 Å². The van der Waals surface area contributed by atoms with Crippen molar-refractivity contribution in [1.82, 2.24) is 29.9 Å². The van der Waals surface area contributed by atoms with Crippen molar-refractivity contribution in [3.8, 4) is 17.1 Å². The molecular weight excluding hydrogens is 505 g/mol. The highest BCUT2D eigenvalue weighted by molar-refractivity contribution is 5.68. The number of hydrogen-bond donors (Lipinski definition) is 2. The zero-order valence-electron chi connectivity index (χ0n) is 22.6. The number of fused-ring (bicyclic) bond motifs is 3. The van der Waals surface area contributed by atoms with Gasteiger partial charge in [-0.05, 0) is 93.4 Å². The molecule has 2 aliphatic heterocycles. The van der Waals surface area contributed by atoms with Gasteiger partial charge in [0, 0.05) is 30.4 Å². The highest BCUT2D eigenvalue weighted by Gasteiger charge is 2.28. The first-order valence-electron chi connectivity index (χ1n) is 14.4. The number of benzene rings is 2. The second-order valence-electron chi connectivity index (χ2n) is 11.1. The predicted octanol–water partition coefficient (Wildman–Crippen LogP) is 4.74. The Balaban J connectivity index is 1.09. The lowest BCUT2D eigenvalue weighted by Gasteiger charge is -2.39. The number of aryl methyl sites for hydroxylation is 2. The van der Waals surface area contributed by atoms with Crippen LogP contribution in [0.25, 0.3) is 17.1 Å². The van der Waals surface area contributed by atoms with E-state index in [0.717, 1.165) is 68.7 Å². The van der Waals surface area contributed by atoms with E-state index in [1.54, 1.807) is 0 Å². The molecule has 2 aromatic carbocycles. The van der Waals surface area contributed by atoms with Gasteiger partial charge in [0.05, 0.1) is 11.4 Å². The molecule has 0 radical (unpaired) electrons. The molecule has 0 spiro atoms. The lowest BCUT2D eigenvalue weighted by molar-refractivity contribution is 0.215. The van der Waals surface area contributed by atoms with Crippen LogP contribution >= 0.6 is 0 Å². The van der Waals surface area contributed by atoms with Crippen molar-refractivity contribution in [1.29, 1.82) is 0 Å². The van der Waals surface area contributed by atoms with E-state index in [2.05, 4.69) is 53.6 Å². The maximum absolute atomic E-state index is 15.3. The van der Waals surface area contributed by atoms with Gasteiger partial charge in [-0.3, -0.25) is 4.90 Å². The maximum Gasteiger partial charge on any atom is 0.248 e. The van der Waals surface area contributed by atoms with Gasteiger partial charge in [0.15, 0.2) is 5.82 Å². The molecule has 1 aliphatic carbocycles. The van der Waals surface area contributed by atoms with Crippen LogP contribution in [0.2, 0.25) is 0 Å². The number of nitrogen functional groups attached to an aromatic ring is 1. The number of piperidine rings is 1. The van der Waals surface area contributed by atoms with E-state index in [9.17, 15) is 0 Å². The average Bonchev–Trinajstić information content (AvgIpc) is 3.59. The van der Waals surface area contributed by atoms with Crippen LogP contribution < -0.4 is 16.0 Å². The molecule has 1 atom stereocenters. The van der Waals surface area contributed by atoms with Crippen LogP contribution in [0.4, 0.5) is 27.7 Å². The number of anilines is 4. The fourth-order valence-corrected chi connectivity index (χ4v) is 6.47. The maximum atomic E-state index is 15.3. The molecule has 4 heterocycles. The minimum absolute atomic E-state index is 0.184. The summed E-state index contributed by atoms with van der Waals surface area (Å²) in [4.78, 5) is 9.11. The molecule has 10 heteroatoms. The molecule has 2 fully saturated rings. The molecule has 9 nitrogen and oxygen atoms in total. The number of rotatable bonds is 5. The molecule has 40 heavy (non-hydrogen) atoms. The Bertz CT molecular complexity index is 1530. The van der Waals surface area contributed by atoms with Crippen molar-refractivity contribution in [3.63, 3.8) is 0 Å². The largest absolute Gasteiger partial charge is 0.368 e. The Hall–Kier alpha value is -4.05. The molecule has 2 saturated heterocycles.